The molecule has 0 unspecified atom stereocenters. The minimum Gasteiger partial charge on any atom is -0.463 e. The van der Waals surface area contributed by atoms with Crippen LogP contribution in [0.3, 0.4) is 0 Å². The van der Waals surface area contributed by atoms with Gasteiger partial charge < -0.3 is 4.42 Å². The molecule has 0 spiro atoms. The molecule has 3 heterocycles. The van der Waals surface area contributed by atoms with E-state index in [-0.39, 0.29) is 12.1 Å². The van der Waals surface area contributed by atoms with Gasteiger partial charge in [0.05, 0.1) is 6.26 Å². The van der Waals surface area contributed by atoms with Crippen molar-refractivity contribution in [1.29, 1.82) is 0 Å². The van der Waals surface area contributed by atoms with E-state index >= 15 is 0 Å². The van der Waals surface area contributed by atoms with E-state index in [0.29, 0.717) is 23.0 Å². The average molecular weight is 393 g/mol. The Bertz CT molecular complexity index is 1140. The van der Waals surface area contributed by atoms with Gasteiger partial charge in [0.2, 0.25) is 11.0 Å². The number of benzene rings is 1. The number of anilines is 1. The van der Waals surface area contributed by atoms with E-state index in [0.717, 1.165) is 15.3 Å². The van der Waals surface area contributed by atoms with Crippen LogP contribution < -0.4 is 10.9 Å². The maximum atomic E-state index is 12.3. The summed E-state index contributed by atoms with van der Waals surface area (Å²) in [5.74, 6) is 0.109. The molecule has 0 saturated carbocycles. The summed E-state index contributed by atoms with van der Waals surface area (Å²) in [6.45, 7) is -0.235. The topological polar surface area (TPSA) is 103 Å². The monoisotopic (exact) mass is 393 g/mol. The maximum Gasteiger partial charge on any atom is 0.267 e. The van der Waals surface area contributed by atoms with E-state index in [1.165, 1.54) is 23.7 Å². The standard InChI is InChI=1S/C19H15N5O3S/c25-16(12-24-18(26)9-8-14(23-24)15-7-4-10-27-15)20-19-22-21-17(28-19)11-13-5-2-1-3-6-13/h1-10H,11-12H2,(H,20,22,25). The summed E-state index contributed by atoms with van der Waals surface area (Å²) in [4.78, 5) is 24.3. The quantitative estimate of drug-likeness (QED) is 0.540. The normalized spacial score (nSPS) is 10.7. The predicted octanol–water partition coefficient (Wildman–Crippen LogP) is 2.58. The molecule has 1 amide bonds. The lowest BCUT2D eigenvalue weighted by atomic mass is 10.2. The van der Waals surface area contributed by atoms with Gasteiger partial charge in [-0.1, -0.05) is 41.7 Å². The number of amides is 1. The lowest BCUT2D eigenvalue weighted by Crippen LogP contribution is -2.29. The van der Waals surface area contributed by atoms with Crippen LogP contribution in [-0.4, -0.2) is 25.9 Å². The molecule has 0 saturated heterocycles. The van der Waals surface area contributed by atoms with Crippen LogP contribution in [0, 0.1) is 0 Å². The molecule has 0 aliphatic heterocycles. The van der Waals surface area contributed by atoms with Gasteiger partial charge in [0, 0.05) is 12.5 Å². The zero-order chi connectivity index (χ0) is 19.3. The Balaban J connectivity index is 1.42. The highest BCUT2D eigenvalue weighted by Crippen LogP contribution is 2.18. The number of nitrogens with zero attached hydrogens (tertiary/aromatic N) is 4. The van der Waals surface area contributed by atoms with Crippen LogP contribution in [0.1, 0.15) is 10.6 Å². The molecule has 140 valence electrons. The van der Waals surface area contributed by atoms with Gasteiger partial charge in [0.15, 0.2) is 5.76 Å². The summed E-state index contributed by atoms with van der Waals surface area (Å²) in [5.41, 5.74) is 1.20. The van der Waals surface area contributed by atoms with Gasteiger partial charge in [-0.15, -0.1) is 10.2 Å². The van der Waals surface area contributed by atoms with Crippen molar-refractivity contribution in [3.8, 4) is 11.5 Å². The van der Waals surface area contributed by atoms with E-state index in [1.807, 2.05) is 30.3 Å². The molecule has 1 N–H and O–H groups in total. The van der Waals surface area contributed by atoms with Crippen molar-refractivity contribution in [1.82, 2.24) is 20.0 Å². The minimum absolute atomic E-state index is 0.235. The van der Waals surface area contributed by atoms with E-state index in [1.54, 1.807) is 18.2 Å². The van der Waals surface area contributed by atoms with Crippen LogP contribution in [0.4, 0.5) is 5.13 Å². The second-order valence-corrected chi connectivity index (χ2v) is 6.97. The molecule has 3 aromatic heterocycles. The van der Waals surface area contributed by atoms with Gasteiger partial charge in [-0.2, -0.15) is 5.10 Å². The Morgan fingerprint density at radius 2 is 1.93 bits per heavy atom. The van der Waals surface area contributed by atoms with E-state index < -0.39 is 5.91 Å². The Labute approximate surface area is 163 Å². The average Bonchev–Trinajstić information content (AvgIpc) is 3.37. The summed E-state index contributed by atoms with van der Waals surface area (Å²) >= 11 is 1.30. The maximum absolute atomic E-state index is 12.3. The minimum atomic E-state index is -0.409. The van der Waals surface area contributed by atoms with Crippen LogP contribution in [0.25, 0.3) is 11.5 Å². The summed E-state index contributed by atoms with van der Waals surface area (Å²) in [6.07, 6.45) is 2.16. The lowest BCUT2D eigenvalue weighted by molar-refractivity contribution is -0.117. The van der Waals surface area contributed by atoms with Gasteiger partial charge >= 0.3 is 0 Å². The van der Waals surface area contributed by atoms with Gasteiger partial charge in [-0.3, -0.25) is 14.9 Å². The first-order chi connectivity index (χ1) is 13.7. The third-order valence-corrected chi connectivity index (χ3v) is 4.68. The fourth-order valence-corrected chi connectivity index (χ4v) is 3.35. The third kappa shape index (κ3) is 4.21. The largest absolute Gasteiger partial charge is 0.463 e. The first-order valence-corrected chi connectivity index (χ1v) is 9.27. The van der Waals surface area contributed by atoms with Crippen LogP contribution in [-0.2, 0) is 17.8 Å². The van der Waals surface area contributed by atoms with E-state index in [9.17, 15) is 9.59 Å². The van der Waals surface area contributed by atoms with Crippen molar-refractivity contribution in [2.24, 2.45) is 0 Å². The molecule has 0 atom stereocenters. The third-order valence-electron chi connectivity index (χ3n) is 3.84. The number of hydrogen-bond donors (Lipinski definition) is 1. The van der Waals surface area contributed by atoms with Gasteiger partial charge in [-0.05, 0) is 23.8 Å². The van der Waals surface area contributed by atoms with Crippen molar-refractivity contribution >= 4 is 22.4 Å². The van der Waals surface area contributed by atoms with E-state index in [4.69, 9.17) is 4.42 Å². The number of hydrogen-bond acceptors (Lipinski definition) is 7. The number of carbonyl (C=O) groups excluding carboxylic acids is 1. The smallest absolute Gasteiger partial charge is 0.267 e. The van der Waals surface area contributed by atoms with Crippen molar-refractivity contribution in [3.05, 3.63) is 81.8 Å². The molecule has 0 bridgehead atoms. The molecular weight excluding hydrogens is 378 g/mol. The first-order valence-electron chi connectivity index (χ1n) is 8.45. The molecular formula is C19H15N5O3S. The molecule has 1 aromatic carbocycles. The number of carbonyl (C=O) groups is 1. The lowest BCUT2D eigenvalue weighted by Gasteiger charge is -2.05. The summed E-state index contributed by atoms with van der Waals surface area (Å²) < 4.78 is 6.35. The van der Waals surface area contributed by atoms with Crippen LogP contribution in [0.15, 0.2) is 70.1 Å². The zero-order valence-corrected chi connectivity index (χ0v) is 15.4. The number of aromatic nitrogens is 4. The Morgan fingerprint density at radius 3 is 2.71 bits per heavy atom. The summed E-state index contributed by atoms with van der Waals surface area (Å²) in [5, 5.41) is 16.1. The molecule has 4 rings (SSSR count). The Morgan fingerprint density at radius 1 is 1.07 bits per heavy atom. The molecule has 0 radical (unpaired) electrons. The second-order valence-electron chi connectivity index (χ2n) is 5.90. The van der Waals surface area contributed by atoms with Crippen LogP contribution in [0.5, 0.6) is 0 Å². The highest BCUT2D eigenvalue weighted by Gasteiger charge is 2.12. The van der Waals surface area contributed by atoms with Crippen LogP contribution in [0.2, 0.25) is 0 Å². The van der Waals surface area contributed by atoms with Gasteiger partial charge in [-0.25, -0.2) is 4.68 Å². The van der Waals surface area contributed by atoms with Crippen LogP contribution >= 0.6 is 11.3 Å². The van der Waals surface area contributed by atoms with Gasteiger partial charge in [0.25, 0.3) is 5.56 Å². The van der Waals surface area contributed by atoms with Gasteiger partial charge in [0.1, 0.15) is 17.2 Å². The summed E-state index contributed by atoms with van der Waals surface area (Å²) in [6, 6.07) is 16.2. The predicted molar refractivity (Wildman–Crippen MR) is 104 cm³/mol. The molecule has 0 aliphatic carbocycles. The zero-order valence-electron chi connectivity index (χ0n) is 14.6. The highest BCUT2D eigenvalue weighted by atomic mass is 32.1. The molecule has 4 aromatic rings. The molecule has 0 aliphatic rings. The second kappa shape index (κ2) is 7.97. The highest BCUT2D eigenvalue weighted by molar-refractivity contribution is 7.15. The Kier molecular flexibility index (Phi) is 5.07. The number of rotatable bonds is 6. The molecule has 28 heavy (non-hydrogen) atoms. The van der Waals surface area contributed by atoms with E-state index in [2.05, 4.69) is 20.6 Å². The number of furan rings is 1. The SMILES string of the molecule is O=C(Cn1nc(-c2ccco2)ccc1=O)Nc1nnc(Cc2ccccc2)s1. The Hall–Kier alpha value is -3.59. The molecule has 8 nitrogen and oxygen atoms in total. The molecule has 9 heteroatoms. The summed E-state index contributed by atoms with van der Waals surface area (Å²) in [7, 11) is 0. The fourth-order valence-electron chi connectivity index (χ4n) is 2.56. The number of nitrogens with one attached hydrogen (secondary N) is 1. The van der Waals surface area contributed by atoms with Crippen molar-refractivity contribution in [2.45, 2.75) is 13.0 Å². The van der Waals surface area contributed by atoms with Crippen molar-refractivity contribution in [2.75, 3.05) is 5.32 Å². The van der Waals surface area contributed by atoms with Crippen molar-refractivity contribution < 1.29 is 9.21 Å². The fraction of sp³-hybridized carbons (Fsp3) is 0.105. The van der Waals surface area contributed by atoms with Crippen molar-refractivity contribution in [3.63, 3.8) is 0 Å². The first kappa shape index (κ1) is 17.8. The molecule has 0 fully saturated rings.